The Bertz CT molecular complexity index is 770. The molecule has 0 saturated heterocycles. The molecular formula is C15H12ClFN2S. The average Bonchev–Trinajstić information content (AvgIpc) is 2.77. The highest BCUT2D eigenvalue weighted by molar-refractivity contribution is 7.98. The van der Waals surface area contributed by atoms with E-state index in [9.17, 15) is 4.39 Å². The van der Waals surface area contributed by atoms with Crippen LogP contribution in [0, 0.1) is 5.82 Å². The number of aromatic nitrogens is 2. The number of fused-ring (bicyclic) bond motifs is 1. The van der Waals surface area contributed by atoms with Crippen LogP contribution in [0.4, 0.5) is 4.39 Å². The molecule has 0 fully saturated rings. The molecule has 0 radical (unpaired) electrons. The fraction of sp³-hybridized carbons (Fsp3) is 0.133. The first-order valence-corrected chi connectivity index (χ1v) is 7.50. The quantitative estimate of drug-likeness (QED) is 0.655. The predicted molar refractivity (Wildman–Crippen MR) is 81.7 cm³/mol. The number of aryl methyl sites for hydroxylation is 1. The summed E-state index contributed by atoms with van der Waals surface area (Å²) in [7, 11) is 1.89. The normalized spacial score (nSPS) is 11.2. The zero-order valence-corrected chi connectivity index (χ0v) is 12.4. The third kappa shape index (κ3) is 2.41. The molecule has 0 N–H and O–H groups in total. The molecule has 2 aromatic carbocycles. The Balaban J connectivity index is 1.90. The molecule has 0 saturated carbocycles. The van der Waals surface area contributed by atoms with Gasteiger partial charge in [0, 0.05) is 17.8 Å². The molecule has 1 heterocycles. The van der Waals surface area contributed by atoms with E-state index in [1.807, 2.05) is 41.9 Å². The highest BCUT2D eigenvalue weighted by Gasteiger charge is 2.12. The van der Waals surface area contributed by atoms with Crippen molar-refractivity contribution < 1.29 is 4.39 Å². The third-order valence-electron chi connectivity index (χ3n) is 3.14. The van der Waals surface area contributed by atoms with Crippen LogP contribution in [0.25, 0.3) is 11.0 Å². The monoisotopic (exact) mass is 306 g/mol. The van der Waals surface area contributed by atoms with Crippen molar-refractivity contribution in [1.29, 1.82) is 0 Å². The standard InChI is InChI=1S/C15H12ClFN2S/c1-19-13-8-4-7-12(17)14(13)18-15(19)20-9-10-5-2-3-6-11(10)16/h2-8H,9H2,1H3. The Labute approximate surface area is 125 Å². The maximum Gasteiger partial charge on any atom is 0.169 e. The van der Waals surface area contributed by atoms with Crippen LogP contribution in [0.1, 0.15) is 5.56 Å². The third-order valence-corrected chi connectivity index (χ3v) is 4.58. The fourth-order valence-corrected chi connectivity index (χ4v) is 3.31. The van der Waals surface area contributed by atoms with Gasteiger partial charge in [0.15, 0.2) is 11.0 Å². The van der Waals surface area contributed by atoms with Gasteiger partial charge in [-0.25, -0.2) is 9.37 Å². The second-order valence-electron chi connectivity index (χ2n) is 4.44. The van der Waals surface area contributed by atoms with Gasteiger partial charge in [0.2, 0.25) is 0 Å². The predicted octanol–water partition coefficient (Wildman–Crippen LogP) is 4.66. The summed E-state index contributed by atoms with van der Waals surface area (Å²) in [5, 5.41) is 1.52. The first-order chi connectivity index (χ1) is 9.66. The molecule has 0 atom stereocenters. The number of nitrogens with zero attached hydrogens (tertiary/aromatic N) is 2. The van der Waals surface area contributed by atoms with Crippen LogP contribution in [0.3, 0.4) is 0 Å². The lowest BCUT2D eigenvalue weighted by Crippen LogP contribution is -1.91. The maximum absolute atomic E-state index is 13.7. The van der Waals surface area contributed by atoms with Gasteiger partial charge in [0.05, 0.1) is 5.52 Å². The highest BCUT2D eigenvalue weighted by Crippen LogP contribution is 2.28. The van der Waals surface area contributed by atoms with Gasteiger partial charge in [-0.3, -0.25) is 0 Å². The number of benzene rings is 2. The van der Waals surface area contributed by atoms with Gasteiger partial charge in [-0.15, -0.1) is 0 Å². The minimum atomic E-state index is -0.289. The molecule has 3 aromatic rings. The Kier molecular flexibility index (Phi) is 3.68. The highest BCUT2D eigenvalue weighted by atomic mass is 35.5. The van der Waals surface area contributed by atoms with Gasteiger partial charge < -0.3 is 4.57 Å². The number of imidazole rings is 1. The molecule has 102 valence electrons. The van der Waals surface area contributed by atoms with E-state index >= 15 is 0 Å². The minimum absolute atomic E-state index is 0.289. The van der Waals surface area contributed by atoms with E-state index in [1.54, 1.807) is 17.8 Å². The van der Waals surface area contributed by atoms with Crippen LogP contribution in [0.2, 0.25) is 5.02 Å². The summed E-state index contributed by atoms with van der Waals surface area (Å²) in [6, 6.07) is 12.7. The van der Waals surface area contributed by atoms with Crippen LogP contribution in [-0.4, -0.2) is 9.55 Å². The van der Waals surface area contributed by atoms with Crippen molar-refractivity contribution in [2.75, 3.05) is 0 Å². The van der Waals surface area contributed by atoms with Crippen molar-refractivity contribution in [3.8, 4) is 0 Å². The number of thioether (sulfide) groups is 1. The summed E-state index contributed by atoms with van der Waals surface area (Å²) in [5.74, 6) is 0.418. The van der Waals surface area contributed by atoms with Gasteiger partial charge in [-0.1, -0.05) is 47.6 Å². The van der Waals surface area contributed by atoms with Gasteiger partial charge in [-0.05, 0) is 23.8 Å². The van der Waals surface area contributed by atoms with Crippen LogP contribution in [0.15, 0.2) is 47.6 Å². The molecule has 0 spiro atoms. The summed E-state index contributed by atoms with van der Waals surface area (Å²) in [6.45, 7) is 0. The molecule has 0 amide bonds. The van der Waals surface area contributed by atoms with E-state index in [1.165, 1.54) is 6.07 Å². The fourth-order valence-electron chi connectivity index (χ4n) is 2.05. The molecule has 3 rings (SSSR count). The molecule has 1 aromatic heterocycles. The minimum Gasteiger partial charge on any atom is -0.322 e. The number of hydrogen-bond donors (Lipinski definition) is 0. The average molecular weight is 307 g/mol. The number of halogens is 2. The first-order valence-electron chi connectivity index (χ1n) is 6.14. The van der Waals surface area contributed by atoms with E-state index in [4.69, 9.17) is 11.6 Å². The molecule has 0 aliphatic heterocycles. The van der Waals surface area contributed by atoms with Crippen molar-refractivity contribution in [3.05, 3.63) is 58.9 Å². The lowest BCUT2D eigenvalue weighted by Gasteiger charge is -2.04. The second kappa shape index (κ2) is 5.46. The van der Waals surface area contributed by atoms with Gasteiger partial charge in [-0.2, -0.15) is 0 Å². The molecule has 0 aliphatic carbocycles. The smallest absolute Gasteiger partial charge is 0.169 e. The summed E-state index contributed by atoms with van der Waals surface area (Å²) < 4.78 is 15.6. The van der Waals surface area contributed by atoms with Gasteiger partial charge in [0.25, 0.3) is 0 Å². The lowest BCUT2D eigenvalue weighted by molar-refractivity contribution is 0.637. The molecule has 2 nitrogen and oxygen atoms in total. The van der Waals surface area contributed by atoms with Gasteiger partial charge in [0.1, 0.15) is 5.52 Å². The summed E-state index contributed by atoms with van der Waals surface area (Å²) in [6.07, 6.45) is 0. The molecule has 0 aliphatic rings. The molecule has 0 bridgehead atoms. The first kappa shape index (κ1) is 13.5. The molecular weight excluding hydrogens is 295 g/mol. The Morgan fingerprint density at radius 2 is 2.00 bits per heavy atom. The lowest BCUT2D eigenvalue weighted by atomic mass is 10.2. The van der Waals surface area contributed by atoms with E-state index in [0.29, 0.717) is 11.3 Å². The van der Waals surface area contributed by atoms with Crippen LogP contribution in [-0.2, 0) is 12.8 Å². The Hall–Kier alpha value is -1.52. The van der Waals surface area contributed by atoms with E-state index in [0.717, 1.165) is 21.3 Å². The Morgan fingerprint density at radius 1 is 1.20 bits per heavy atom. The van der Waals surface area contributed by atoms with Crippen LogP contribution in [0.5, 0.6) is 0 Å². The zero-order chi connectivity index (χ0) is 14.1. The van der Waals surface area contributed by atoms with E-state index < -0.39 is 0 Å². The summed E-state index contributed by atoms with van der Waals surface area (Å²) in [4.78, 5) is 4.36. The number of para-hydroxylation sites is 1. The molecule has 20 heavy (non-hydrogen) atoms. The number of rotatable bonds is 3. The zero-order valence-electron chi connectivity index (χ0n) is 10.8. The van der Waals surface area contributed by atoms with Crippen LogP contribution >= 0.6 is 23.4 Å². The van der Waals surface area contributed by atoms with Crippen molar-refractivity contribution in [1.82, 2.24) is 9.55 Å². The van der Waals surface area contributed by atoms with Crippen molar-refractivity contribution in [2.24, 2.45) is 7.05 Å². The van der Waals surface area contributed by atoms with Crippen molar-refractivity contribution >= 4 is 34.4 Å². The summed E-state index contributed by atoms with van der Waals surface area (Å²) in [5.41, 5.74) is 2.26. The second-order valence-corrected chi connectivity index (χ2v) is 5.79. The van der Waals surface area contributed by atoms with E-state index in [-0.39, 0.29) is 5.82 Å². The molecule has 0 unspecified atom stereocenters. The SMILES string of the molecule is Cn1c(SCc2ccccc2Cl)nc2c(F)cccc21. The van der Waals surface area contributed by atoms with E-state index in [2.05, 4.69) is 4.98 Å². The van der Waals surface area contributed by atoms with Crippen molar-refractivity contribution in [2.45, 2.75) is 10.9 Å². The Morgan fingerprint density at radius 3 is 2.75 bits per heavy atom. The van der Waals surface area contributed by atoms with Gasteiger partial charge >= 0.3 is 0 Å². The van der Waals surface area contributed by atoms with Crippen molar-refractivity contribution in [3.63, 3.8) is 0 Å². The maximum atomic E-state index is 13.7. The topological polar surface area (TPSA) is 17.8 Å². The summed E-state index contributed by atoms with van der Waals surface area (Å²) >= 11 is 7.68. The largest absolute Gasteiger partial charge is 0.322 e. The van der Waals surface area contributed by atoms with Crippen LogP contribution < -0.4 is 0 Å². The number of hydrogen-bond acceptors (Lipinski definition) is 2. The molecule has 5 heteroatoms.